The second kappa shape index (κ2) is 16.3. The minimum atomic E-state index is -0.253. The molecule has 1 heterocycles. The van der Waals surface area contributed by atoms with Gasteiger partial charge in [-0.05, 0) is 176 Å². The van der Waals surface area contributed by atoms with E-state index >= 15 is 0 Å². The minimum Gasteiger partial charge on any atom is -0.310 e. The van der Waals surface area contributed by atoms with Crippen molar-refractivity contribution >= 4 is 66.7 Å². The molecule has 2 aliphatic carbocycles. The van der Waals surface area contributed by atoms with Crippen molar-refractivity contribution in [2.24, 2.45) is 0 Å². The summed E-state index contributed by atoms with van der Waals surface area (Å²) >= 11 is 0. The Morgan fingerprint density at radius 2 is 0.740 bits per heavy atom. The number of aromatic nitrogens is 1. The van der Waals surface area contributed by atoms with E-state index in [4.69, 9.17) is 0 Å². The van der Waals surface area contributed by atoms with Gasteiger partial charge in [0.1, 0.15) is 0 Å². The Bertz CT molecular complexity index is 4140. The fourth-order valence-corrected chi connectivity index (χ4v) is 12.4. The molecule has 3 heteroatoms. The molecule has 0 spiro atoms. The molecule has 3 nitrogen and oxygen atoms in total. The van der Waals surface area contributed by atoms with Gasteiger partial charge in [0.15, 0.2) is 0 Å². The van der Waals surface area contributed by atoms with Crippen molar-refractivity contribution in [2.45, 2.75) is 38.5 Å². The summed E-state index contributed by atoms with van der Waals surface area (Å²) in [7, 11) is 0. The molecule has 73 heavy (non-hydrogen) atoms. The number of anilines is 6. The molecular formula is C70H53N3. The molecular weight excluding hydrogens is 883 g/mol. The first-order valence-electron chi connectivity index (χ1n) is 25.6. The molecule has 0 fully saturated rings. The van der Waals surface area contributed by atoms with Gasteiger partial charge in [-0.15, -0.1) is 0 Å². The first kappa shape index (κ1) is 42.9. The van der Waals surface area contributed by atoms with Crippen molar-refractivity contribution in [3.05, 3.63) is 271 Å². The normalized spacial score (nSPS) is 13.7. The van der Waals surface area contributed by atoms with Crippen LogP contribution in [0.3, 0.4) is 0 Å². The minimum absolute atomic E-state index is 0.143. The number of para-hydroxylation sites is 3. The van der Waals surface area contributed by atoms with Gasteiger partial charge in [-0.3, -0.25) is 0 Å². The van der Waals surface area contributed by atoms with Crippen molar-refractivity contribution in [1.29, 1.82) is 0 Å². The molecule has 0 amide bonds. The standard InChI is InChI=1S/C70H53N3/c1-69(2)63-25-15-13-23-57(63)59-38-35-55(44-65(59)69)72(53-33-31-52(32-34-53)71(50-19-7-5-8-20-50)54-30-27-46-17-11-12-18-47(46)41-54)56-36-39-60-58-37-28-49(43-64(58)70(3,4)66(60)45-56)48-29-40-68-62(42-48)61-24-14-16-26-67(61)73(68)51-21-9-6-10-22-51/h5-45H,1-4H3. The molecule has 0 unspecified atom stereocenters. The summed E-state index contributed by atoms with van der Waals surface area (Å²) in [6, 6.07) is 92.1. The van der Waals surface area contributed by atoms with Crippen LogP contribution in [0.2, 0.25) is 0 Å². The van der Waals surface area contributed by atoms with Crippen molar-refractivity contribution in [1.82, 2.24) is 4.57 Å². The van der Waals surface area contributed by atoms with Crippen LogP contribution in [-0.2, 0) is 10.8 Å². The Kier molecular flexibility index (Phi) is 9.59. The molecule has 0 saturated carbocycles. The van der Waals surface area contributed by atoms with Gasteiger partial charge in [0.2, 0.25) is 0 Å². The van der Waals surface area contributed by atoms with Crippen LogP contribution in [-0.4, -0.2) is 4.57 Å². The zero-order valence-electron chi connectivity index (χ0n) is 41.5. The predicted molar refractivity (Wildman–Crippen MR) is 308 cm³/mol. The number of rotatable bonds is 8. The van der Waals surface area contributed by atoms with Crippen LogP contribution >= 0.6 is 0 Å². The van der Waals surface area contributed by atoms with E-state index < -0.39 is 0 Å². The van der Waals surface area contributed by atoms with E-state index in [0.717, 1.165) is 34.1 Å². The molecule has 14 rings (SSSR count). The quantitative estimate of drug-likeness (QED) is 0.150. The van der Waals surface area contributed by atoms with E-state index in [0.29, 0.717) is 0 Å². The van der Waals surface area contributed by atoms with Gasteiger partial charge in [-0.1, -0.05) is 167 Å². The molecule has 0 aliphatic heterocycles. The Labute approximate surface area is 427 Å². The van der Waals surface area contributed by atoms with Crippen molar-refractivity contribution < 1.29 is 0 Å². The zero-order valence-corrected chi connectivity index (χ0v) is 41.5. The molecule has 0 radical (unpaired) electrons. The Balaban J connectivity index is 0.872. The lowest BCUT2D eigenvalue weighted by molar-refractivity contribution is 0.660. The third-order valence-corrected chi connectivity index (χ3v) is 16.1. The number of fused-ring (bicyclic) bond motifs is 10. The van der Waals surface area contributed by atoms with Gasteiger partial charge in [0.25, 0.3) is 0 Å². The van der Waals surface area contributed by atoms with Gasteiger partial charge in [0.05, 0.1) is 11.0 Å². The molecule has 348 valence electrons. The first-order valence-corrected chi connectivity index (χ1v) is 25.6. The highest BCUT2D eigenvalue weighted by Crippen LogP contribution is 2.54. The highest BCUT2D eigenvalue weighted by molar-refractivity contribution is 6.10. The smallest absolute Gasteiger partial charge is 0.0541 e. The van der Waals surface area contributed by atoms with E-state index in [1.54, 1.807) is 0 Å². The van der Waals surface area contributed by atoms with E-state index in [1.165, 1.54) is 93.9 Å². The average molecular weight is 936 g/mol. The van der Waals surface area contributed by atoms with E-state index in [1.807, 2.05) is 0 Å². The van der Waals surface area contributed by atoms with Gasteiger partial charge in [-0.25, -0.2) is 0 Å². The van der Waals surface area contributed by atoms with Gasteiger partial charge < -0.3 is 14.4 Å². The van der Waals surface area contributed by atoms with E-state index in [9.17, 15) is 0 Å². The topological polar surface area (TPSA) is 11.4 Å². The average Bonchev–Trinajstić information content (AvgIpc) is 3.98. The number of nitrogens with zero attached hydrogens (tertiary/aromatic N) is 3. The largest absolute Gasteiger partial charge is 0.310 e. The van der Waals surface area contributed by atoms with Crippen molar-refractivity contribution in [3.8, 4) is 39.1 Å². The fraction of sp³-hybridized carbons (Fsp3) is 0.0857. The monoisotopic (exact) mass is 935 g/mol. The third-order valence-electron chi connectivity index (χ3n) is 16.1. The summed E-state index contributed by atoms with van der Waals surface area (Å²) in [5.41, 5.74) is 23.0. The van der Waals surface area contributed by atoms with Gasteiger partial charge in [-0.2, -0.15) is 0 Å². The SMILES string of the molecule is CC1(C)c2ccccc2-c2ccc(N(c3ccc(N(c4ccccc4)c4ccc5ccccc5c4)cc3)c3ccc4c(c3)C(C)(C)c3cc(-c5ccc6c(c5)c5ccccc5n6-c5ccccc5)ccc3-4)cc21. The van der Waals surface area contributed by atoms with Crippen LogP contribution in [0.5, 0.6) is 0 Å². The van der Waals surface area contributed by atoms with E-state index in [2.05, 4.69) is 291 Å². The highest BCUT2D eigenvalue weighted by atomic mass is 15.2. The van der Waals surface area contributed by atoms with Crippen LogP contribution in [0.25, 0.3) is 71.6 Å². The molecule has 0 saturated heterocycles. The lowest BCUT2D eigenvalue weighted by Gasteiger charge is -2.30. The second-order valence-electron chi connectivity index (χ2n) is 21.0. The zero-order chi connectivity index (χ0) is 49.0. The van der Waals surface area contributed by atoms with Crippen LogP contribution < -0.4 is 9.80 Å². The summed E-state index contributed by atoms with van der Waals surface area (Å²) in [5, 5.41) is 4.97. The maximum absolute atomic E-state index is 2.47. The summed E-state index contributed by atoms with van der Waals surface area (Å²) in [4.78, 5) is 4.83. The lowest BCUT2D eigenvalue weighted by atomic mass is 9.81. The van der Waals surface area contributed by atoms with Gasteiger partial charge in [0, 0.05) is 61.4 Å². The van der Waals surface area contributed by atoms with Gasteiger partial charge >= 0.3 is 0 Å². The summed E-state index contributed by atoms with van der Waals surface area (Å²) in [6.07, 6.45) is 0. The maximum atomic E-state index is 2.47. The lowest BCUT2D eigenvalue weighted by Crippen LogP contribution is -2.18. The summed E-state index contributed by atoms with van der Waals surface area (Å²) in [6.45, 7) is 9.55. The van der Waals surface area contributed by atoms with Crippen molar-refractivity contribution in [3.63, 3.8) is 0 Å². The second-order valence-corrected chi connectivity index (χ2v) is 21.0. The highest BCUT2D eigenvalue weighted by Gasteiger charge is 2.38. The molecule has 12 aromatic rings. The predicted octanol–water partition coefficient (Wildman–Crippen LogP) is 19.2. The van der Waals surface area contributed by atoms with Crippen molar-refractivity contribution in [2.75, 3.05) is 9.80 Å². The van der Waals surface area contributed by atoms with Crippen LogP contribution in [0, 0.1) is 0 Å². The Hall–Kier alpha value is -8.92. The number of benzene rings is 11. The molecule has 11 aromatic carbocycles. The van der Waals surface area contributed by atoms with Crippen LogP contribution in [0.1, 0.15) is 49.9 Å². The number of hydrogen-bond donors (Lipinski definition) is 0. The van der Waals surface area contributed by atoms with Crippen LogP contribution in [0.15, 0.2) is 249 Å². The number of hydrogen-bond acceptors (Lipinski definition) is 2. The first-order chi connectivity index (χ1) is 35.7. The summed E-state index contributed by atoms with van der Waals surface area (Å²) in [5.74, 6) is 0. The summed E-state index contributed by atoms with van der Waals surface area (Å²) < 4.78 is 2.39. The fourth-order valence-electron chi connectivity index (χ4n) is 12.4. The van der Waals surface area contributed by atoms with E-state index in [-0.39, 0.29) is 10.8 Å². The molecule has 2 aliphatic rings. The molecule has 0 N–H and O–H groups in total. The molecule has 1 aromatic heterocycles. The van der Waals surface area contributed by atoms with Crippen LogP contribution in [0.4, 0.5) is 34.1 Å². The third kappa shape index (κ3) is 6.72. The Morgan fingerprint density at radius 1 is 0.288 bits per heavy atom. The molecule has 0 bridgehead atoms. The molecule has 0 atom stereocenters. The Morgan fingerprint density at radius 3 is 1.45 bits per heavy atom. The maximum Gasteiger partial charge on any atom is 0.0541 e.